The zero-order chi connectivity index (χ0) is 13.3. The predicted octanol–water partition coefficient (Wildman–Crippen LogP) is 0.149. The number of sulfone groups is 1. The fourth-order valence-electron chi connectivity index (χ4n) is 2.97. The fourth-order valence-corrected chi connectivity index (χ4v) is 4.75. The molecular weight excluding hydrogens is 252 g/mol. The second kappa shape index (κ2) is 5.17. The van der Waals surface area contributed by atoms with E-state index >= 15 is 0 Å². The van der Waals surface area contributed by atoms with Crippen molar-refractivity contribution in [1.82, 2.24) is 4.90 Å². The van der Waals surface area contributed by atoms with Gasteiger partial charge < -0.3 is 10.6 Å². The zero-order valence-electron chi connectivity index (χ0n) is 10.8. The normalized spacial score (nSPS) is 34.7. The lowest BCUT2D eigenvalue weighted by Crippen LogP contribution is -2.40. The van der Waals surface area contributed by atoms with Crippen molar-refractivity contribution in [1.29, 1.82) is 0 Å². The van der Waals surface area contributed by atoms with Crippen LogP contribution in [0.2, 0.25) is 0 Å². The summed E-state index contributed by atoms with van der Waals surface area (Å²) in [6.45, 7) is 0. The van der Waals surface area contributed by atoms with Crippen LogP contribution in [0.3, 0.4) is 0 Å². The van der Waals surface area contributed by atoms with Crippen molar-refractivity contribution in [2.75, 3.05) is 18.6 Å². The van der Waals surface area contributed by atoms with Gasteiger partial charge in [0.25, 0.3) is 0 Å². The first-order valence-electron chi connectivity index (χ1n) is 6.61. The molecule has 0 aromatic rings. The highest BCUT2D eigenvalue weighted by molar-refractivity contribution is 7.91. The van der Waals surface area contributed by atoms with Gasteiger partial charge in [0, 0.05) is 25.6 Å². The highest BCUT2D eigenvalue weighted by atomic mass is 32.2. The van der Waals surface area contributed by atoms with E-state index < -0.39 is 9.84 Å². The van der Waals surface area contributed by atoms with E-state index in [1.54, 1.807) is 11.9 Å². The Hall–Kier alpha value is -0.620. The maximum Gasteiger partial charge on any atom is 0.222 e. The molecule has 0 spiro atoms. The minimum atomic E-state index is -2.93. The van der Waals surface area contributed by atoms with E-state index in [-0.39, 0.29) is 35.4 Å². The molecule has 0 radical (unpaired) electrons. The number of rotatable bonds is 3. The first kappa shape index (κ1) is 13.8. The summed E-state index contributed by atoms with van der Waals surface area (Å²) < 4.78 is 22.8. The Balaban J connectivity index is 1.89. The molecule has 1 saturated carbocycles. The molecule has 1 saturated heterocycles. The Kier molecular flexibility index (Phi) is 3.96. The Morgan fingerprint density at radius 3 is 2.56 bits per heavy atom. The van der Waals surface area contributed by atoms with Crippen LogP contribution in [0.25, 0.3) is 0 Å². The minimum absolute atomic E-state index is 0.0412. The van der Waals surface area contributed by atoms with Gasteiger partial charge in [0.05, 0.1) is 11.5 Å². The van der Waals surface area contributed by atoms with Crippen LogP contribution in [0.5, 0.6) is 0 Å². The molecule has 1 aliphatic heterocycles. The summed E-state index contributed by atoms with van der Waals surface area (Å²) in [6, 6.07) is -0.00483. The fraction of sp³-hybridized carbons (Fsp3) is 0.917. The highest BCUT2D eigenvalue weighted by Crippen LogP contribution is 2.28. The van der Waals surface area contributed by atoms with Crippen LogP contribution in [0.1, 0.15) is 32.1 Å². The maximum absolute atomic E-state index is 12.1. The van der Waals surface area contributed by atoms with Gasteiger partial charge in [-0.3, -0.25) is 4.79 Å². The van der Waals surface area contributed by atoms with E-state index in [4.69, 9.17) is 5.73 Å². The molecule has 2 aliphatic rings. The van der Waals surface area contributed by atoms with E-state index in [1.165, 1.54) is 0 Å². The smallest absolute Gasteiger partial charge is 0.222 e. The minimum Gasteiger partial charge on any atom is -0.342 e. The van der Waals surface area contributed by atoms with Gasteiger partial charge in [0.15, 0.2) is 9.84 Å². The molecule has 0 aromatic carbocycles. The van der Waals surface area contributed by atoms with Gasteiger partial charge in [-0.2, -0.15) is 0 Å². The SMILES string of the molecule is CN(C(=O)C[C@@H]1CCC[C@H]1N)C1CCS(=O)(=O)C1. The van der Waals surface area contributed by atoms with Crippen LogP contribution in [0.15, 0.2) is 0 Å². The average Bonchev–Trinajstić information content (AvgIpc) is 2.84. The van der Waals surface area contributed by atoms with Gasteiger partial charge in [-0.15, -0.1) is 0 Å². The van der Waals surface area contributed by atoms with Crippen molar-refractivity contribution in [2.24, 2.45) is 11.7 Å². The van der Waals surface area contributed by atoms with E-state index in [1.807, 2.05) is 0 Å². The molecule has 2 fully saturated rings. The van der Waals surface area contributed by atoms with Crippen LogP contribution < -0.4 is 5.73 Å². The van der Waals surface area contributed by atoms with Crippen LogP contribution in [0, 0.1) is 5.92 Å². The summed E-state index contributed by atoms with van der Waals surface area (Å²) >= 11 is 0. The molecule has 2 N–H and O–H groups in total. The predicted molar refractivity (Wildman–Crippen MR) is 69.8 cm³/mol. The molecule has 18 heavy (non-hydrogen) atoms. The van der Waals surface area contributed by atoms with Gasteiger partial charge in [-0.25, -0.2) is 8.42 Å². The summed E-state index contributed by atoms with van der Waals surface area (Å²) in [6.07, 6.45) is 4.15. The average molecular weight is 274 g/mol. The van der Waals surface area contributed by atoms with Gasteiger partial charge in [-0.1, -0.05) is 6.42 Å². The lowest BCUT2D eigenvalue weighted by atomic mass is 9.99. The van der Waals surface area contributed by atoms with Gasteiger partial charge in [-0.05, 0) is 25.2 Å². The summed E-state index contributed by atoms with van der Waals surface area (Å²) in [4.78, 5) is 13.7. The number of nitrogens with two attached hydrogens (primary N) is 1. The number of carbonyl (C=O) groups is 1. The summed E-state index contributed by atoms with van der Waals surface area (Å²) in [5.41, 5.74) is 5.96. The quantitative estimate of drug-likeness (QED) is 0.794. The van der Waals surface area contributed by atoms with Crippen LogP contribution in [-0.2, 0) is 14.6 Å². The third-order valence-electron chi connectivity index (χ3n) is 4.30. The lowest BCUT2D eigenvalue weighted by Gasteiger charge is -2.25. The second-order valence-corrected chi connectivity index (χ2v) is 7.85. The number of nitrogens with zero attached hydrogens (tertiary/aromatic N) is 1. The first-order valence-corrected chi connectivity index (χ1v) is 8.43. The molecule has 3 atom stereocenters. The van der Waals surface area contributed by atoms with Crippen molar-refractivity contribution >= 4 is 15.7 Å². The number of hydrogen-bond acceptors (Lipinski definition) is 4. The van der Waals surface area contributed by atoms with Gasteiger partial charge >= 0.3 is 0 Å². The Morgan fingerprint density at radius 2 is 2.06 bits per heavy atom. The molecule has 6 heteroatoms. The molecule has 0 aromatic heterocycles. The Labute approximate surface area is 109 Å². The van der Waals surface area contributed by atoms with Crippen LogP contribution in [0.4, 0.5) is 0 Å². The molecule has 1 amide bonds. The highest BCUT2D eigenvalue weighted by Gasteiger charge is 2.34. The Morgan fingerprint density at radius 1 is 1.33 bits per heavy atom. The third kappa shape index (κ3) is 3.03. The summed E-state index contributed by atoms with van der Waals surface area (Å²) in [5.74, 6) is 0.641. The molecule has 1 unspecified atom stereocenters. The van der Waals surface area contributed by atoms with Crippen molar-refractivity contribution in [2.45, 2.75) is 44.2 Å². The summed E-state index contributed by atoms with van der Waals surface area (Å²) in [5, 5.41) is 0. The number of hydrogen-bond donors (Lipinski definition) is 1. The lowest BCUT2D eigenvalue weighted by molar-refractivity contribution is -0.132. The van der Waals surface area contributed by atoms with E-state index in [2.05, 4.69) is 0 Å². The van der Waals surface area contributed by atoms with Crippen LogP contribution in [-0.4, -0.2) is 49.9 Å². The molecule has 104 valence electrons. The van der Waals surface area contributed by atoms with Crippen molar-refractivity contribution < 1.29 is 13.2 Å². The van der Waals surface area contributed by atoms with Crippen molar-refractivity contribution in [3.63, 3.8) is 0 Å². The molecular formula is C12H22N2O3S. The van der Waals surface area contributed by atoms with E-state index in [0.29, 0.717) is 12.8 Å². The van der Waals surface area contributed by atoms with Crippen LogP contribution >= 0.6 is 0 Å². The number of amides is 1. The molecule has 0 bridgehead atoms. The second-order valence-electron chi connectivity index (χ2n) is 5.62. The first-order chi connectivity index (χ1) is 8.39. The third-order valence-corrected chi connectivity index (χ3v) is 6.05. The van der Waals surface area contributed by atoms with Gasteiger partial charge in [0.1, 0.15) is 0 Å². The van der Waals surface area contributed by atoms with E-state index in [0.717, 1.165) is 19.3 Å². The number of carbonyl (C=O) groups excluding carboxylic acids is 1. The molecule has 1 aliphatic carbocycles. The van der Waals surface area contributed by atoms with Crippen molar-refractivity contribution in [3.05, 3.63) is 0 Å². The largest absolute Gasteiger partial charge is 0.342 e. The topological polar surface area (TPSA) is 80.5 Å². The maximum atomic E-state index is 12.1. The molecule has 5 nitrogen and oxygen atoms in total. The van der Waals surface area contributed by atoms with Crippen molar-refractivity contribution in [3.8, 4) is 0 Å². The molecule has 1 heterocycles. The Bertz CT molecular complexity index is 421. The zero-order valence-corrected chi connectivity index (χ0v) is 11.7. The monoisotopic (exact) mass is 274 g/mol. The standard InChI is InChI=1S/C12H22N2O3S/c1-14(10-5-6-18(16,17)8-10)12(15)7-9-3-2-4-11(9)13/h9-11H,2-8,13H2,1H3/t9-,10?,11+/m0/s1. The van der Waals surface area contributed by atoms with E-state index in [9.17, 15) is 13.2 Å². The summed E-state index contributed by atoms with van der Waals surface area (Å²) in [7, 11) is -1.21. The molecule has 2 rings (SSSR count). The van der Waals surface area contributed by atoms with Gasteiger partial charge in [0.2, 0.25) is 5.91 Å².